The summed E-state index contributed by atoms with van der Waals surface area (Å²) in [5.41, 5.74) is 4.66. The number of anilines is 1. The Bertz CT molecular complexity index is 1690. The Morgan fingerprint density at radius 3 is 2.76 bits per heavy atom. The normalized spacial score (nSPS) is 16.2. The molecule has 1 aliphatic rings. The van der Waals surface area contributed by atoms with Gasteiger partial charge in [-0.3, -0.25) is 4.90 Å². The molecule has 2 N–H and O–H groups in total. The molecule has 0 amide bonds. The van der Waals surface area contributed by atoms with E-state index in [1.165, 1.54) is 6.26 Å². The summed E-state index contributed by atoms with van der Waals surface area (Å²) < 4.78 is 32.4. The number of imidazole rings is 1. The van der Waals surface area contributed by atoms with Crippen molar-refractivity contribution in [3.8, 4) is 17.6 Å². The molecule has 4 bridgehead atoms. The first kappa shape index (κ1) is 28.4. The van der Waals surface area contributed by atoms with Crippen LogP contribution in [0.2, 0.25) is 0 Å². The van der Waals surface area contributed by atoms with E-state index in [4.69, 9.17) is 4.74 Å². The molecular weight excluding hydrogens is 538 g/mol. The van der Waals surface area contributed by atoms with Crippen LogP contribution in [0, 0.1) is 18.3 Å². The lowest BCUT2D eigenvalue weighted by atomic mass is 10.1. The molecule has 0 radical (unpaired) electrons. The average molecular weight is 572 g/mol. The number of rotatable bonds is 3. The summed E-state index contributed by atoms with van der Waals surface area (Å²) in [5.74, 6) is 1.84. The Morgan fingerprint density at radius 1 is 1.12 bits per heavy atom. The van der Waals surface area contributed by atoms with Crippen molar-refractivity contribution in [2.24, 2.45) is 0 Å². The second kappa shape index (κ2) is 12.1. The lowest BCUT2D eigenvalue weighted by molar-refractivity contribution is 0.207. The number of aromatic nitrogens is 2. The van der Waals surface area contributed by atoms with Crippen molar-refractivity contribution < 1.29 is 18.3 Å². The minimum Gasteiger partial charge on any atom is -0.456 e. The largest absolute Gasteiger partial charge is 0.456 e. The van der Waals surface area contributed by atoms with Gasteiger partial charge in [0.2, 0.25) is 0 Å². The number of para-hydroxylation sites is 1. The number of nitrogens with one attached hydrogen (secondary N) is 1. The number of nitriles is 1. The van der Waals surface area contributed by atoms with Crippen LogP contribution in [-0.4, -0.2) is 53.1 Å². The molecule has 2 heterocycles. The molecule has 0 saturated carbocycles. The highest BCUT2D eigenvalue weighted by atomic mass is 32.2. The SMILES string of the molecule is Cc1ncc2n1Cc1ccc(C#N)c(c1)Oc1cccc(c1)C(O)Nc1ccccc1CN(CCS(C)(=O)=O)CC2. The van der Waals surface area contributed by atoms with Gasteiger partial charge in [-0.25, -0.2) is 13.4 Å². The summed E-state index contributed by atoms with van der Waals surface area (Å²) in [6, 6.07) is 22.5. The van der Waals surface area contributed by atoms with E-state index in [0.717, 1.165) is 28.3 Å². The molecule has 1 atom stereocenters. The van der Waals surface area contributed by atoms with Gasteiger partial charge in [0.25, 0.3) is 0 Å². The molecule has 41 heavy (non-hydrogen) atoms. The maximum atomic E-state index is 12.1. The number of ether oxygens (including phenoxy) is 1. The monoisotopic (exact) mass is 571 g/mol. The van der Waals surface area contributed by atoms with E-state index < -0.39 is 16.1 Å². The minimum absolute atomic E-state index is 0.0460. The van der Waals surface area contributed by atoms with Gasteiger partial charge < -0.3 is 19.7 Å². The summed E-state index contributed by atoms with van der Waals surface area (Å²) in [7, 11) is -3.16. The van der Waals surface area contributed by atoms with E-state index in [0.29, 0.717) is 55.2 Å². The highest BCUT2D eigenvalue weighted by Crippen LogP contribution is 2.30. The quantitative estimate of drug-likeness (QED) is 0.371. The van der Waals surface area contributed by atoms with Gasteiger partial charge in [-0.1, -0.05) is 36.4 Å². The predicted octanol–water partition coefficient (Wildman–Crippen LogP) is 4.41. The van der Waals surface area contributed by atoms with Crippen LogP contribution in [0.5, 0.6) is 11.5 Å². The van der Waals surface area contributed by atoms with Crippen molar-refractivity contribution in [1.82, 2.24) is 14.5 Å². The van der Waals surface area contributed by atoms with Gasteiger partial charge in [-0.15, -0.1) is 0 Å². The first-order valence-electron chi connectivity index (χ1n) is 13.4. The highest BCUT2D eigenvalue weighted by molar-refractivity contribution is 7.90. The molecular formula is C31H33N5O4S. The number of fused-ring (bicyclic) bond motifs is 6. The van der Waals surface area contributed by atoms with Crippen molar-refractivity contribution >= 4 is 15.5 Å². The zero-order valence-electron chi connectivity index (χ0n) is 23.1. The number of sulfone groups is 1. The van der Waals surface area contributed by atoms with E-state index in [1.54, 1.807) is 30.3 Å². The van der Waals surface area contributed by atoms with Gasteiger partial charge in [0.1, 0.15) is 33.2 Å². The molecule has 1 aromatic heterocycles. The summed E-state index contributed by atoms with van der Waals surface area (Å²) in [6.07, 6.45) is 2.75. The number of aliphatic hydroxyl groups excluding tert-OH is 1. The van der Waals surface area contributed by atoms with Crippen LogP contribution in [-0.2, 0) is 29.3 Å². The molecule has 1 aliphatic heterocycles. The van der Waals surface area contributed by atoms with Crippen molar-refractivity contribution in [2.45, 2.75) is 32.7 Å². The van der Waals surface area contributed by atoms with Crippen molar-refractivity contribution in [3.05, 3.63) is 107 Å². The predicted molar refractivity (Wildman–Crippen MR) is 157 cm³/mol. The highest BCUT2D eigenvalue weighted by Gasteiger charge is 2.18. The van der Waals surface area contributed by atoms with Crippen molar-refractivity contribution in [1.29, 1.82) is 5.26 Å². The third kappa shape index (κ3) is 7.13. The smallest absolute Gasteiger partial charge is 0.150 e. The molecule has 212 valence electrons. The number of hydrogen-bond donors (Lipinski definition) is 2. The molecule has 0 aliphatic carbocycles. The molecule has 0 fully saturated rings. The average Bonchev–Trinajstić information content (AvgIpc) is 3.29. The fourth-order valence-corrected chi connectivity index (χ4v) is 5.53. The summed E-state index contributed by atoms with van der Waals surface area (Å²) in [6.45, 7) is 3.98. The summed E-state index contributed by atoms with van der Waals surface area (Å²) in [5, 5.41) is 24.0. The van der Waals surface area contributed by atoms with Gasteiger partial charge in [0.05, 0.1) is 11.3 Å². The Morgan fingerprint density at radius 2 is 1.95 bits per heavy atom. The first-order valence-corrected chi connectivity index (χ1v) is 15.5. The van der Waals surface area contributed by atoms with Gasteiger partial charge in [-0.2, -0.15) is 5.26 Å². The maximum Gasteiger partial charge on any atom is 0.150 e. The number of nitrogens with zero attached hydrogens (tertiary/aromatic N) is 4. The number of aliphatic hydroxyl groups is 1. The fraction of sp³-hybridized carbons (Fsp3) is 0.290. The number of benzene rings is 3. The molecule has 0 saturated heterocycles. The van der Waals surface area contributed by atoms with E-state index in [9.17, 15) is 18.8 Å². The zero-order valence-corrected chi connectivity index (χ0v) is 23.9. The molecule has 3 aromatic carbocycles. The van der Waals surface area contributed by atoms with Crippen LogP contribution in [0.1, 0.15) is 40.0 Å². The zero-order chi connectivity index (χ0) is 29.0. The Kier molecular flexibility index (Phi) is 8.40. The Hall–Kier alpha value is -4.17. The molecule has 4 aromatic rings. The van der Waals surface area contributed by atoms with Crippen LogP contribution in [0.25, 0.3) is 0 Å². The van der Waals surface area contributed by atoms with E-state index >= 15 is 0 Å². The number of aryl methyl sites for hydroxylation is 1. The molecule has 10 heteroatoms. The summed E-state index contributed by atoms with van der Waals surface area (Å²) >= 11 is 0. The van der Waals surface area contributed by atoms with Gasteiger partial charge in [0, 0.05) is 62.0 Å². The number of hydrogen-bond acceptors (Lipinski definition) is 8. The van der Waals surface area contributed by atoms with Crippen LogP contribution in [0.15, 0.2) is 72.9 Å². The third-order valence-corrected chi connectivity index (χ3v) is 8.14. The fourth-order valence-electron chi connectivity index (χ4n) is 4.94. The lowest BCUT2D eigenvalue weighted by Gasteiger charge is -2.25. The third-order valence-electron chi connectivity index (χ3n) is 7.21. The Balaban J connectivity index is 1.57. The summed E-state index contributed by atoms with van der Waals surface area (Å²) in [4.78, 5) is 6.68. The second-order valence-corrected chi connectivity index (χ2v) is 12.6. The van der Waals surface area contributed by atoms with Gasteiger partial charge in [-0.05, 0) is 48.4 Å². The molecule has 0 spiro atoms. The van der Waals surface area contributed by atoms with Crippen LogP contribution < -0.4 is 10.1 Å². The van der Waals surface area contributed by atoms with Gasteiger partial charge in [0.15, 0.2) is 6.23 Å². The van der Waals surface area contributed by atoms with Gasteiger partial charge >= 0.3 is 0 Å². The topological polar surface area (TPSA) is 120 Å². The molecule has 1 unspecified atom stereocenters. The van der Waals surface area contributed by atoms with Crippen LogP contribution in [0.4, 0.5) is 5.69 Å². The minimum atomic E-state index is -3.16. The van der Waals surface area contributed by atoms with E-state index in [1.807, 2.05) is 49.5 Å². The second-order valence-electron chi connectivity index (χ2n) is 10.4. The van der Waals surface area contributed by atoms with E-state index in [2.05, 4.69) is 25.8 Å². The van der Waals surface area contributed by atoms with Crippen LogP contribution in [0.3, 0.4) is 0 Å². The van der Waals surface area contributed by atoms with Crippen molar-refractivity contribution in [3.63, 3.8) is 0 Å². The molecule has 5 rings (SSSR count). The van der Waals surface area contributed by atoms with Crippen LogP contribution >= 0.6 is 0 Å². The lowest BCUT2D eigenvalue weighted by Crippen LogP contribution is -2.31. The Labute approximate surface area is 240 Å². The maximum absolute atomic E-state index is 12.1. The first-order chi connectivity index (χ1) is 19.7. The molecule has 9 nitrogen and oxygen atoms in total. The van der Waals surface area contributed by atoms with Crippen molar-refractivity contribution in [2.75, 3.05) is 30.4 Å². The van der Waals surface area contributed by atoms with E-state index in [-0.39, 0.29) is 5.75 Å². The standard InChI is InChI=1S/C31H33N5O4S/c1-22-33-19-27-12-13-35(14-15-41(2,38)39)21-26-6-3-4-9-29(26)34-31(37)24-7-5-8-28(17-24)40-30-16-23(20-36(22)27)10-11-25(30)18-32/h3-11,16-17,19,31,34,37H,12-15,20-21H2,1-2H3.